The quantitative estimate of drug-likeness (QED) is 0.673. The van der Waals surface area contributed by atoms with Crippen LogP contribution >= 0.6 is 0 Å². The van der Waals surface area contributed by atoms with Crippen LogP contribution in [-0.2, 0) is 4.74 Å². The second-order valence-corrected chi connectivity index (χ2v) is 5.19. The topological polar surface area (TPSA) is 24.5 Å². The Morgan fingerprint density at radius 3 is 2.75 bits per heavy atom. The fourth-order valence-corrected chi connectivity index (χ4v) is 2.40. The lowest BCUT2D eigenvalue weighted by molar-refractivity contribution is 0.0589. The van der Waals surface area contributed by atoms with E-state index in [1.165, 1.54) is 45.1 Å². The summed E-state index contributed by atoms with van der Waals surface area (Å²) in [6.45, 7) is 2.36. The third-order valence-electron chi connectivity index (χ3n) is 3.42. The van der Waals surface area contributed by atoms with Crippen LogP contribution in [0.2, 0.25) is 0 Å². The number of methoxy groups -OCH3 is 1. The Morgan fingerprint density at radius 2 is 2.06 bits per heavy atom. The predicted molar refractivity (Wildman–Crippen MR) is 68.8 cm³/mol. The third-order valence-corrected chi connectivity index (χ3v) is 3.42. The summed E-state index contributed by atoms with van der Waals surface area (Å²) >= 11 is 0. The average Bonchev–Trinajstić information content (AvgIpc) is 2.28. The van der Waals surface area contributed by atoms with Gasteiger partial charge in [-0.1, -0.05) is 0 Å². The van der Waals surface area contributed by atoms with E-state index in [1.54, 1.807) is 0 Å². The molecule has 1 N–H and O–H groups in total. The predicted octanol–water partition coefficient (Wildman–Crippen LogP) is 1.88. The standard InChI is InChI=1S/C13H28N2O/c1-15(2)10-5-4-9-14-12-7-6-8-13(11-12)16-3/h12-14H,4-11H2,1-3H3. The second kappa shape index (κ2) is 8.04. The monoisotopic (exact) mass is 228 g/mol. The Hall–Kier alpha value is -0.120. The molecule has 0 spiro atoms. The van der Waals surface area contributed by atoms with Crippen molar-refractivity contribution < 1.29 is 4.74 Å². The van der Waals surface area contributed by atoms with Gasteiger partial charge >= 0.3 is 0 Å². The molecule has 0 bridgehead atoms. The highest BCUT2D eigenvalue weighted by Gasteiger charge is 2.20. The van der Waals surface area contributed by atoms with Crippen molar-refractivity contribution in [3.8, 4) is 0 Å². The molecule has 0 amide bonds. The molecule has 3 heteroatoms. The summed E-state index contributed by atoms with van der Waals surface area (Å²) in [5.74, 6) is 0. The summed E-state index contributed by atoms with van der Waals surface area (Å²) in [7, 11) is 6.11. The first kappa shape index (κ1) is 13.9. The highest BCUT2D eigenvalue weighted by molar-refractivity contribution is 4.78. The van der Waals surface area contributed by atoms with Gasteiger partial charge in [0.15, 0.2) is 0 Å². The van der Waals surface area contributed by atoms with Crippen LogP contribution in [-0.4, -0.2) is 51.3 Å². The van der Waals surface area contributed by atoms with Crippen LogP contribution in [0.5, 0.6) is 0 Å². The first-order chi connectivity index (χ1) is 7.72. The summed E-state index contributed by atoms with van der Waals surface area (Å²) in [6, 6.07) is 0.693. The first-order valence-electron chi connectivity index (χ1n) is 6.63. The average molecular weight is 228 g/mol. The molecule has 1 rings (SSSR count). The van der Waals surface area contributed by atoms with E-state index < -0.39 is 0 Å². The van der Waals surface area contributed by atoms with Crippen molar-refractivity contribution in [1.82, 2.24) is 10.2 Å². The van der Waals surface area contributed by atoms with Crippen LogP contribution in [0.3, 0.4) is 0 Å². The van der Waals surface area contributed by atoms with Gasteiger partial charge in [-0.2, -0.15) is 0 Å². The van der Waals surface area contributed by atoms with Crippen LogP contribution in [0.1, 0.15) is 38.5 Å². The highest BCUT2D eigenvalue weighted by atomic mass is 16.5. The molecule has 1 fully saturated rings. The summed E-state index contributed by atoms with van der Waals surface area (Å²) in [5, 5.41) is 3.66. The van der Waals surface area contributed by atoms with Crippen molar-refractivity contribution in [2.24, 2.45) is 0 Å². The smallest absolute Gasteiger partial charge is 0.0586 e. The van der Waals surface area contributed by atoms with Crippen LogP contribution in [0.25, 0.3) is 0 Å². The van der Waals surface area contributed by atoms with Gasteiger partial charge in [-0.15, -0.1) is 0 Å². The molecule has 16 heavy (non-hydrogen) atoms. The normalized spacial score (nSPS) is 26.2. The Kier molecular flexibility index (Phi) is 7.01. The first-order valence-corrected chi connectivity index (χ1v) is 6.63. The van der Waals surface area contributed by atoms with E-state index in [0.717, 1.165) is 6.54 Å². The number of unbranched alkanes of at least 4 members (excludes halogenated alkanes) is 1. The fraction of sp³-hybridized carbons (Fsp3) is 1.00. The maximum Gasteiger partial charge on any atom is 0.0586 e. The largest absolute Gasteiger partial charge is 0.381 e. The molecule has 3 nitrogen and oxygen atoms in total. The molecule has 0 aromatic heterocycles. The zero-order chi connectivity index (χ0) is 11.8. The molecular weight excluding hydrogens is 200 g/mol. The van der Waals surface area contributed by atoms with Gasteiger partial charge in [-0.25, -0.2) is 0 Å². The summed E-state index contributed by atoms with van der Waals surface area (Å²) in [6.07, 6.45) is 8.15. The van der Waals surface area contributed by atoms with E-state index in [1.807, 2.05) is 7.11 Å². The summed E-state index contributed by atoms with van der Waals surface area (Å²) in [5.41, 5.74) is 0. The van der Waals surface area contributed by atoms with Crippen molar-refractivity contribution in [3.63, 3.8) is 0 Å². The van der Waals surface area contributed by atoms with E-state index >= 15 is 0 Å². The Morgan fingerprint density at radius 1 is 1.25 bits per heavy atom. The number of nitrogens with zero attached hydrogens (tertiary/aromatic N) is 1. The van der Waals surface area contributed by atoms with Crippen LogP contribution in [0, 0.1) is 0 Å². The molecule has 2 atom stereocenters. The maximum atomic E-state index is 5.43. The summed E-state index contributed by atoms with van der Waals surface area (Å²) in [4.78, 5) is 2.25. The zero-order valence-electron chi connectivity index (χ0n) is 11.2. The molecule has 0 heterocycles. The molecule has 2 unspecified atom stereocenters. The molecular formula is C13H28N2O. The number of ether oxygens (including phenoxy) is 1. The lowest BCUT2D eigenvalue weighted by Crippen LogP contribution is -2.37. The molecule has 0 saturated heterocycles. The van der Waals surface area contributed by atoms with Crippen molar-refractivity contribution >= 4 is 0 Å². The van der Waals surface area contributed by atoms with Crippen molar-refractivity contribution in [3.05, 3.63) is 0 Å². The minimum atomic E-state index is 0.494. The Labute approximate surface area is 101 Å². The molecule has 0 aromatic rings. The number of hydrogen-bond acceptors (Lipinski definition) is 3. The van der Waals surface area contributed by atoms with Crippen molar-refractivity contribution in [2.75, 3.05) is 34.3 Å². The minimum Gasteiger partial charge on any atom is -0.381 e. The van der Waals surface area contributed by atoms with Gasteiger partial charge in [0, 0.05) is 13.2 Å². The van der Waals surface area contributed by atoms with Gasteiger partial charge in [0.05, 0.1) is 6.10 Å². The van der Waals surface area contributed by atoms with Crippen LogP contribution in [0.15, 0.2) is 0 Å². The van der Waals surface area contributed by atoms with E-state index in [0.29, 0.717) is 12.1 Å². The van der Waals surface area contributed by atoms with Gasteiger partial charge in [-0.3, -0.25) is 0 Å². The second-order valence-electron chi connectivity index (χ2n) is 5.19. The van der Waals surface area contributed by atoms with E-state index in [9.17, 15) is 0 Å². The van der Waals surface area contributed by atoms with Crippen LogP contribution < -0.4 is 5.32 Å². The lowest BCUT2D eigenvalue weighted by atomic mass is 9.93. The van der Waals surface area contributed by atoms with E-state index in [4.69, 9.17) is 4.74 Å². The fourth-order valence-electron chi connectivity index (χ4n) is 2.40. The SMILES string of the molecule is COC1CCCC(NCCCCN(C)C)C1. The molecule has 0 radical (unpaired) electrons. The number of hydrogen-bond donors (Lipinski definition) is 1. The maximum absolute atomic E-state index is 5.43. The van der Waals surface area contributed by atoms with Crippen molar-refractivity contribution in [2.45, 2.75) is 50.7 Å². The van der Waals surface area contributed by atoms with Gasteiger partial charge in [0.25, 0.3) is 0 Å². The summed E-state index contributed by atoms with van der Waals surface area (Å²) < 4.78 is 5.43. The minimum absolute atomic E-state index is 0.494. The van der Waals surface area contributed by atoms with Crippen molar-refractivity contribution in [1.29, 1.82) is 0 Å². The number of nitrogens with one attached hydrogen (secondary N) is 1. The van der Waals surface area contributed by atoms with Crippen LogP contribution in [0.4, 0.5) is 0 Å². The Balaban J connectivity index is 1.99. The Bertz CT molecular complexity index is 173. The van der Waals surface area contributed by atoms with Gasteiger partial charge < -0.3 is 15.0 Å². The molecule has 0 aliphatic heterocycles. The third kappa shape index (κ3) is 5.83. The molecule has 1 aliphatic rings. The van der Waals surface area contributed by atoms with E-state index in [2.05, 4.69) is 24.3 Å². The molecule has 1 aliphatic carbocycles. The lowest BCUT2D eigenvalue weighted by Gasteiger charge is -2.29. The number of rotatable bonds is 7. The molecule has 0 aromatic carbocycles. The van der Waals surface area contributed by atoms with Gasteiger partial charge in [0.1, 0.15) is 0 Å². The zero-order valence-corrected chi connectivity index (χ0v) is 11.2. The highest BCUT2D eigenvalue weighted by Crippen LogP contribution is 2.20. The molecule has 96 valence electrons. The molecule has 1 saturated carbocycles. The van der Waals surface area contributed by atoms with Gasteiger partial charge in [-0.05, 0) is 65.7 Å². The van der Waals surface area contributed by atoms with E-state index in [-0.39, 0.29) is 0 Å². The van der Waals surface area contributed by atoms with Gasteiger partial charge in [0.2, 0.25) is 0 Å².